The number of rotatable bonds is 6. The van der Waals surface area contributed by atoms with Gasteiger partial charge in [-0.3, -0.25) is 10.1 Å². The van der Waals surface area contributed by atoms with Gasteiger partial charge in [0.25, 0.3) is 0 Å². The van der Waals surface area contributed by atoms with Crippen molar-refractivity contribution in [2.75, 3.05) is 0 Å². The van der Waals surface area contributed by atoms with E-state index in [1.807, 2.05) is 37.3 Å². The summed E-state index contributed by atoms with van der Waals surface area (Å²) in [5, 5.41) is 16.1. The summed E-state index contributed by atoms with van der Waals surface area (Å²) >= 11 is 6.48. The number of aromatic nitrogens is 3. The van der Waals surface area contributed by atoms with Gasteiger partial charge in [0.05, 0.1) is 21.6 Å². The van der Waals surface area contributed by atoms with Gasteiger partial charge >= 0.3 is 5.97 Å². The number of halogens is 2. The van der Waals surface area contributed by atoms with Gasteiger partial charge < -0.3 is 5.11 Å². The molecule has 7 heteroatoms. The maximum atomic E-state index is 14.2. The van der Waals surface area contributed by atoms with Crippen molar-refractivity contribution in [2.24, 2.45) is 0 Å². The number of nitrogens with one attached hydrogen (secondary N) is 1. The standard InChI is InChI=1S/C25H19ClFN3O2/c1-2-18(24-20(26)4-3-13-28-24)23(16-8-5-15(6-9-16)7-12-22(31)32)17-10-11-21-19(14-17)25(27)30-29-21/h3-14H,2H2,1H3,(H,29,30)(H,31,32)/b12-7+,23-18+. The number of aliphatic carboxylic acids is 1. The van der Waals surface area contributed by atoms with Crippen molar-refractivity contribution in [3.8, 4) is 0 Å². The van der Waals surface area contributed by atoms with E-state index in [0.29, 0.717) is 28.0 Å². The zero-order valence-corrected chi connectivity index (χ0v) is 17.9. The highest BCUT2D eigenvalue weighted by atomic mass is 35.5. The Morgan fingerprint density at radius 3 is 2.59 bits per heavy atom. The van der Waals surface area contributed by atoms with E-state index in [2.05, 4.69) is 15.2 Å². The fraction of sp³-hybridized carbons (Fsp3) is 0.0800. The van der Waals surface area contributed by atoms with Crippen molar-refractivity contribution in [3.63, 3.8) is 0 Å². The quantitative estimate of drug-likeness (QED) is 0.344. The molecule has 2 heterocycles. The minimum absolute atomic E-state index is 0.392. The van der Waals surface area contributed by atoms with Gasteiger partial charge in [-0.05, 0) is 64.6 Å². The number of H-pyrrole nitrogens is 1. The minimum atomic E-state index is -1.01. The van der Waals surface area contributed by atoms with Crippen LogP contribution >= 0.6 is 11.6 Å². The van der Waals surface area contributed by atoms with Gasteiger partial charge in [0, 0.05) is 12.3 Å². The van der Waals surface area contributed by atoms with E-state index in [4.69, 9.17) is 16.7 Å². The van der Waals surface area contributed by atoms with Crippen LogP contribution in [0.15, 0.2) is 66.9 Å². The largest absolute Gasteiger partial charge is 0.478 e. The van der Waals surface area contributed by atoms with Crippen molar-refractivity contribution < 1.29 is 14.3 Å². The molecule has 4 aromatic rings. The molecule has 0 radical (unpaired) electrons. The van der Waals surface area contributed by atoms with E-state index >= 15 is 0 Å². The summed E-state index contributed by atoms with van der Waals surface area (Å²) in [4.78, 5) is 15.3. The third-order valence-corrected chi connectivity index (χ3v) is 5.42. The first-order valence-corrected chi connectivity index (χ1v) is 10.3. The summed E-state index contributed by atoms with van der Waals surface area (Å²) in [5.74, 6) is -1.51. The molecule has 5 nitrogen and oxygen atoms in total. The van der Waals surface area contributed by atoms with Crippen LogP contribution in [0.3, 0.4) is 0 Å². The lowest BCUT2D eigenvalue weighted by Crippen LogP contribution is -1.98. The molecule has 4 rings (SSSR count). The molecule has 0 amide bonds. The second kappa shape index (κ2) is 9.16. The number of carboxylic acids is 1. The monoisotopic (exact) mass is 447 g/mol. The average Bonchev–Trinajstić information content (AvgIpc) is 3.17. The molecule has 32 heavy (non-hydrogen) atoms. The Morgan fingerprint density at radius 2 is 1.91 bits per heavy atom. The smallest absolute Gasteiger partial charge is 0.328 e. The van der Waals surface area contributed by atoms with Gasteiger partial charge in [-0.15, -0.1) is 0 Å². The van der Waals surface area contributed by atoms with Crippen LogP contribution in [0.5, 0.6) is 0 Å². The Bertz CT molecular complexity index is 1360. The van der Waals surface area contributed by atoms with Gasteiger partial charge in [0.15, 0.2) is 0 Å². The zero-order valence-electron chi connectivity index (χ0n) is 17.1. The average molecular weight is 448 g/mol. The summed E-state index contributed by atoms with van der Waals surface area (Å²) in [6.07, 6.45) is 4.94. The molecule has 0 spiro atoms. The summed E-state index contributed by atoms with van der Waals surface area (Å²) in [6, 6.07) is 16.4. The zero-order chi connectivity index (χ0) is 22.7. The lowest BCUT2D eigenvalue weighted by molar-refractivity contribution is -0.131. The van der Waals surface area contributed by atoms with Crippen LogP contribution in [-0.4, -0.2) is 26.3 Å². The molecular weight excluding hydrogens is 429 g/mol. The highest BCUT2D eigenvalue weighted by molar-refractivity contribution is 6.32. The number of carboxylic acid groups (broad SMARTS) is 1. The third-order valence-electron chi connectivity index (χ3n) is 5.11. The highest BCUT2D eigenvalue weighted by Gasteiger charge is 2.17. The Labute approximate surface area is 188 Å². The summed E-state index contributed by atoms with van der Waals surface area (Å²) < 4.78 is 14.2. The van der Waals surface area contributed by atoms with Gasteiger partial charge in [0.2, 0.25) is 5.95 Å². The first kappa shape index (κ1) is 21.5. The Hall–Kier alpha value is -3.77. The lowest BCUT2D eigenvalue weighted by Gasteiger charge is -2.17. The molecular formula is C25H19ClFN3O2. The number of aromatic amines is 1. The number of hydrogen-bond donors (Lipinski definition) is 2. The number of allylic oxidation sites excluding steroid dienone is 1. The molecule has 160 valence electrons. The predicted octanol–water partition coefficient (Wildman–Crippen LogP) is 6.22. The first-order valence-electron chi connectivity index (χ1n) is 9.97. The van der Waals surface area contributed by atoms with E-state index in [0.717, 1.165) is 33.9 Å². The van der Waals surface area contributed by atoms with Crippen LogP contribution in [-0.2, 0) is 4.79 Å². The van der Waals surface area contributed by atoms with Crippen LogP contribution < -0.4 is 0 Å². The SMILES string of the molecule is CC/C(=C(/c1ccc(/C=C/C(=O)O)cc1)c1ccc2n[nH]c(F)c2c1)c1ncccc1Cl. The maximum absolute atomic E-state index is 14.2. The summed E-state index contributed by atoms with van der Waals surface area (Å²) in [6.45, 7) is 2.02. The second-order valence-corrected chi connectivity index (χ2v) is 7.51. The molecule has 2 N–H and O–H groups in total. The number of carbonyl (C=O) groups is 1. The fourth-order valence-electron chi connectivity index (χ4n) is 3.65. The van der Waals surface area contributed by atoms with Gasteiger partial charge in [0.1, 0.15) is 0 Å². The second-order valence-electron chi connectivity index (χ2n) is 7.10. The van der Waals surface area contributed by atoms with E-state index < -0.39 is 11.9 Å². The Kier molecular flexibility index (Phi) is 6.14. The molecule has 2 aromatic carbocycles. The molecule has 0 atom stereocenters. The van der Waals surface area contributed by atoms with Crippen LogP contribution in [0.25, 0.3) is 28.1 Å². The van der Waals surface area contributed by atoms with Crippen molar-refractivity contribution >= 4 is 45.7 Å². The predicted molar refractivity (Wildman–Crippen MR) is 125 cm³/mol. The van der Waals surface area contributed by atoms with Crippen molar-refractivity contribution in [1.29, 1.82) is 0 Å². The lowest BCUT2D eigenvalue weighted by atomic mass is 9.89. The minimum Gasteiger partial charge on any atom is -0.478 e. The Balaban J connectivity index is 1.94. The number of fused-ring (bicyclic) bond motifs is 1. The molecule has 0 aliphatic heterocycles. The summed E-state index contributed by atoms with van der Waals surface area (Å²) in [7, 11) is 0. The van der Waals surface area contributed by atoms with E-state index in [-0.39, 0.29) is 0 Å². The molecule has 0 aliphatic rings. The van der Waals surface area contributed by atoms with Gasteiger partial charge in [-0.1, -0.05) is 48.9 Å². The molecule has 0 unspecified atom stereocenters. The summed E-state index contributed by atoms with van der Waals surface area (Å²) in [5.41, 5.74) is 5.39. The van der Waals surface area contributed by atoms with Crippen molar-refractivity contribution in [3.05, 3.63) is 100 Å². The number of benzene rings is 2. The number of nitrogens with zero attached hydrogens (tertiary/aromatic N) is 2. The molecule has 0 saturated heterocycles. The van der Waals surface area contributed by atoms with Crippen molar-refractivity contribution in [1.82, 2.24) is 15.2 Å². The van der Waals surface area contributed by atoms with Crippen LogP contribution in [0.2, 0.25) is 5.02 Å². The van der Waals surface area contributed by atoms with Crippen LogP contribution in [0, 0.1) is 5.95 Å². The third kappa shape index (κ3) is 4.31. The normalized spacial score (nSPS) is 12.3. The number of pyridine rings is 1. The fourth-order valence-corrected chi connectivity index (χ4v) is 3.88. The maximum Gasteiger partial charge on any atom is 0.328 e. The molecule has 0 fully saturated rings. The number of hydrogen-bond acceptors (Lipinski definition) is 3. The first-order chi connectivity index (χ1) is 15.5. The van der Waals surface area contributed by atoms with E-state index in [1.165, 1.54) is 6.08 Å². The van der Waals surface area contributed by atoms with Crippen LogP contribution in [0.4, 0.5) is 4.39 Å². The van der Waals surface area contributed by atoms with Gasteiger partial charge in [-0.25, -0.2) is 4.79 Å². The topological polar surface area (TPSA) is 78.9 Å². The van der Waals surface area contributed by atoms with Crippen molar-refractivity contribution in [2.45, 2.75) is 13.3 Å². The highest BCUT2D eigenvalue weighted by Crippen LogP contribution is 2.37. The molecule has 0 bridgehead atoms. The molecule has 0 aliphatic carbocycles. The van der Waals surface area contributed by atoms with Crippen LogP contribution in [0.1, 0.15) is 35.7 Å². The Morgan fingerprint density at radius 1 is 1.16 bits per heavy atom. The van der Waals surface area contributed by atoms with E-state index in [1.54, 1.807) is 30.5 Å². The van der Waals surface area contributed by atoms with Gasteiger partial charge in [-0.2, -0.15) is 9.49 Å². The van der Waals surface area contributed by atoms with E-state index in [9.17, 15) is 9.18 Å². The molecule has 0 saturated carbocycles. The molecule has 2 aromatic heterocycles.